The Morgan fingerprint density at radius 1 is 1.25 bits per heavy atom. The summed E-state index contributed by atoms with van der Waals surface area (Å²) in [6.45, 7) is 4.34. The lowest BCUT2D eigenvalue weighted by Crippen LogP contribution is -2.50. The van der Waals surface area contributed by atoms with Crippen LogP contribution in [-0.2, 0) is 4.79 Å². The minimum atomic E-state index is -0.321. The summed E-state index contributed by atoms with van der Waals surface area (Å²) in [6.07, 6.45) is 9.46. The van der Waals surface area contributed by atoms with Crippen molar-refractivity contribution >= 4 is 18.3 Å². The summed E-state index contributed by atoms with van der Waals surface area (Å²) in [5, 5.41) is 3.12. The molecule has 0 aromatic carbocycles. The van der Waals surface area contributed by atoms with Crippen molar-refractivity contribution in [1.82, 2.24) is 10.2 Å². The number of nitrogens with zero attached hydrogens (tertiary/aromatic N) is 1. The third kappa shape index (κ3) is 4.90. The largest absolute Gasteiger partial charge is 0.352 e. The first-order valence-electron chi connectivity index (χ1n) is 8.00. The number of rotatable bonds is 5. The van der Waals surface area contributed by atoms with Crippen LogP contribution in [0.5, 0.6) is 0 Å². The van der Waals surface area contributed by atoms with E-state index >= 15 is 0 Å². The van der Waals surface area contributed by atoms with Crippen LogP contribution in [0.1, 0.15) is 58.3 Å². The highest BCUT2D eigenvalue weighted by Gasteiger charge is 2.28. The van der Waals surface area contributed by atoms with Gasteiger partial charge in [-0.25, -0.2) is 0 Å². The lowest BCUT2D eigenvalue weighted by atomic mass is 10.0. The van der Waals surface area contributed by atoms with Crippen LogP contribution in [-0.4, -0.2) is 42.0 Å². The van der Waals surface area contributed by atoms with E-state index in [9.17, 15) is 4.79 Å². The van der Waals surface area contributed by atoms with Gasteiger partial charge in [0.2, 0.25) is 5.91 Å². The number of halogens is 1. The highest BCUT2D eigenvalue weighted by molar-refractivity contribution is 5.85. The van der Waals surface area contributed by atoms with Gasteiger partial charge in [-0.3, -0.25) is 4.79 Å². The van der Waals surface area contributed by atoms with E-state index in [1.807, 2.05) is 0 Å². The van der Waals surface area contributed by atoms with E-state index in [4.69, 9.17) is 5.73 Å². The molecule has 1 unspecified atom stereocenters. The number of piperidine rings is 1. The number of hydrogen-bond acceptors (Lipinski definition) is 3. The fraction of sp³-hybridized carbons (Fsp3) is 0.933. The Bertz CT molecular complexity index is 287. The molecule has 0 aromatic rings. The van der Waals surface area contributed by atoms with Crippen molar-refractivity contribution in [2.45, 2.75) is 76.4 Å². The standard InChI is InChI=1S/C15H29N3O.ClH/c1-2-5-14(16)15(19)17-12-8-10-18(11-9-12)13-6-3-4-7-13;/h12-14H,2-11,16H2,1H3,(H,17,19);1H. The average molecular weight is 304 g/mol. The first-order chi connectivity index (χ1) is 9.20. The van der Waals surface area contributed by atoms with E-state index in [0.717, 1.165) is 44.8 Å². The molecule has 5 heteroatoms. The molecule has 2 fully saturated rings. The molecule has 0 radical (unpaired) electrons. The van der Waals surface area contributed by atoms with Gasteiger partial charge >= 0.3 is 0 Å². The lowest BCUT2D eigenvalue weighted by Gasteiger charge is -2.36. The zero-order chi connectivity index (χ0) is 13.7. The van der Waals surface area contributed by atoms with Gasteiger partial charge in [0, 0.05) is 25.2 Å². The minimum absolute atomic E-state index is 0. The second-order valence-electron chi connectivity index (χ2n) is 6.15. The van der Waals surface area contributed by atoms with Crippen molar-refractivity contribution < 1.29 is 4.79 Å². The van der Waals surface area contributed by atoms with Crippen molar-refractivity contribution in [3.8, 4) is 0 Å². The zero-order valence-electron chi connectivity index (χ0n) is 12.6. The third-order valence-electron chi connectivity index (χ3n) is 4.65. The maximum atomic E-state index is 11.9. The van der Waals surface area contributed by atoms with E-state index in [1.54, 1.807) is 0 Å². The van der Waals surface area contributed by atoms with Crippen LogP contribution in [0.3, 0.4) is 0 Å². The van der Waals surface area contributed by atoms with E-state index in [2.05, 4.69) is 17.1 Å². The molecule has 20 heavy (non-hydrogen) atoms. The highest BCUT2D eigenvalue weighted by Crippen LogP contribution is 2.26. The van der Waals surface area contributed by atoms with Crippen LogP contribution in [0.25, 0.3) is 0 Å². The number of carbonyl (C=O) groups excluding carboxylic acids is 1. The second kappa shape index (κ2) is 8.85. The van der Waals surface area contributed by atoms with E-state index in [-0.39, 0.29) is 24.4 Å². The number of likely N-dealkylation sites (tertiary alicyclic amines) is 1. The van der Waals surface area contributed by atoms with Crippen LogP contribution in [0.15, 0.2) is 0 Å². The predicted molar refractivity (Wildman–Crippen MR) is 85.1 cm³/mol. The average Bonchev–Trinajstić information content (AvgIpc) is 2.94. The van der Waals surface area contributed by atoms with Gasteiger partial charge < -0.3 is 16.0 Å². The SMILES string of the molecule is CCCC(N)C(=O)NC1CCN(C2CCCC2)CC1.Cl. The quantitative estimate of drug-likeness (QED) is 0.817. The predicted octanol–water partition coefficient (Wildman–Crippen LogP) is 2.06. The summed E-state index contributed by atoms with van der Waals surface area (Å²) < 4.78 is 0. The van der Waals surface area contributed by atoms with E-state index in [1.165, 1.54) is 25.7 Å². The highest BCUT2D eigenvalue weighted by atomic mass is 35.5. The Kier molecular flexibility index (Phi) is 7.85. The Hall–Kier alpha value is -0.320. The van der Waals surface area contributed by atoms with E-state index in [0.29, 0.717) is 6.04 Å². The van der Waals surface area contributed by atoms with Crippen molar-refractivity contribution in [3.63, 3.8) is 0 Å². The smallest absolute Gasteiger partial charge is 0.237 e. The van der Waals surface area contributed by atoms with Crippen LogP contribution in [0.2, 0.25) is 0 Å². The molecule has 0 bridgehead atoms. The van der Waals surface area contributed by atoms with Gasteiger partial charge in [0.15, 0.2) is 0 Å². The zero-order valence-corrected chi connectivity index (χ0v) is 13.5. The molecule has 4 nitrogen and oxygen atoms in total. The number of hydrogen-bond donors (Lipinski definition) is 2. The fourth-order valence-corrected chi connectivity index (χ4v) is 3.43. The molecule has 118 valence electrons. The van der Waals surface area contributed by atoms with Gasteiger partial charge in [-0.2, -0.15) is 0 Å². The molecule has 1 saturated carbocycles. The Morgan fingerprint density at radius 3 is 2.40 bits per heavy atom. The fourth-order valence-electron chi connectivity index (χ4n) is 3.43. The van der Waals surface area contributed by atoms with Gasteiger partial charge in [-0.1, -0.05) is 26.2 Å². The summed E-state index contributed by atoms with van der Waals surface area (Å²) in [7, 11) is 0. The number of carbonyl (C=O) groups is 1. The van der Waals surface area contributed by atoms with Crippen LogP contribution in [0, 0.1) is 0 Å². The van der Waals surface area contributed by atoms with Gasteiger partial charge in [0.25, 0.3) is 0 Å². The molecule has 3 N–H and O–H groups in total. The summed E-state index contributed by atoms with van der Waals surface area (Å²) in [4.78, 5) is 14.5. The summed E-state index contributed by atoms with van der Waals surface area (Å²) in [5.74, 6) is 0.0427. The van der Waals surface area contributed by atoms with Crippen LogP contribution in [0.4, 0.5) is 0 Å². The Morgan fingerprint density at radius 2 is 1.85 bits per heavy atom. The maximum Gasteiger partial charge on any atom is 0.237 e. The molecule has 2 rings (SSSR count). The minimum Gasteiger partial charge on any atom is -0.352 e. The number of nitrogens with one attached hydrogen (secondary N) is 1. The first kappa shape index (κ1) is 17.7. The van der Waals surface area contributed by atoms with Crippen molar-refractivity contribution in [1.29, 1.82) is 0 Å². The van der Waals surface area contributed by atoms with Gasteiger partial charge in [-0.05, 0) is 32.1 Å². The van der Waals surface area contributed by atoms with Gasteiger partial charge in [0.05, 0.1) is 6.04 Å². The molecule has 1 amide bonds. The molecule has 2 aliphatic rings. The van der Waals surface area contributed by atoms with Gasteiger partial charge in [-0.15, -0.1) is 12.4 Å². The monoisotopic (exact) mass is 303 g/mol. The molecule has 0 aromatic heterocycles. The number of amides is 1. The Balaban J connectivity index is 0.00000200. The molecule has 1 aliphatic heterocycles. The number of nitrogens with two attached hydrogens (primary N) is 1. The molecular formula is C15H30ClN3O. The topological polar surface area (TPSA) is 58.4 Å². The van der Waals surface area contributed by atoms with E-state index < -0.39 is 0 Å². The van der Waals surface area contributed by atoms with Crippen LogP contribution >= 0.6 is 12.4 Å². The molecule has 1 heterocycles. The third-order valence-corrected chi connectivity index (χ3v) is 4.65. The summed E-state index contributed by atoms with van der Waals surface area (Å²) in [5.41, 5.74) is 5.85. The molecule has 1 atom stereocenters. The van der Waals surface area contributed by atoms with Crippen molar-refractivity contribution in [2.75, 3.05) is 13.1 Å². The lowest BCUT2D eigenvalue weighted by molar-refractivity contribution is -0.123. The second-order valence-corrected chi connectivity index (χ2v) is 6.15. The van der Waals surface area contributed by atoms with Gasteiger partial charge in [0.1, 0.15) is 0 Å². The first-order valence-corrected chi connectivity index (χ1v) is 8.00. The summed E-state index contributed by atoms with van der Waals surface area (Å²) in [6, 6.07) is 0.838. The molecular weight excluding hydrogens is 274 g/mol. The van der Waals surface area contributed by atoms with Crippen LogP contribution < -0.4 is 11.1 Å². The summed E-state index contributed by atoms with van der Waals surface area (Å²) >= 11 is 0. The maximum absolute atomic E-state index is 11.9. The molecule has 0 spiro atoms. The molecule has 1 saturated heterocycles. The normalized spacial score (nSPS) is 23.3. The Labute approximate surface area is 129 Å². The molecule has 1 aliphatic carbocycles. The van der Waals surface area contributed by atoms with Crippen molar-refractivity contribution in [2.24, 2.45) is 5.73 Å². The van der Waals surface area contributed by atoms with Crippen molar-refractivity contribution in [3.05, 3.63) is 0 Å².